The van der Waals surface area contributed by atoms with Crippen LogP contribution in [-0.4, -0.2) is 42.9 Å². The predicted molar refractivity (Wildman–Crippen MR) is 93.4 cm³/mol. The normalized spacial score (nSPS) is 21.1. The number of hydrogen-bond donors (Lipinski definition) is 2. The maximum absolute atomic E-state index is 12.6. The van der Waals surface area contributed by atoms with Crippen LogP contribution in [0.4, 0.5) is 0 Å². The Morgan fingerprint density at radius 1 is 1.21 bits per heavy atom. The van der Waals surface area contributed by atoms with Crippen LogP contribution < -0.4 is 10.6 Å². The molecule has 0 bridgehead atoms. The van der Waals surface area contributed by atoms with Gasteiger partial charge in [-0.05, 0) is 24.3 Å². The molecule has 2 N–H and O–H groups in total. The van der Waals surface area contributed by atoms with Gasteiger partial charge in [0.2, 0.25) is 11.8 Å². The number of hydrogen-bond acceptors (Lipinski definition) is 3. The van der Waals surface area contributed by atoms with Crippen LogP contribution in [0.15, 0.2) is 30.3 Å². The third-order valence-electron chi connectivity index (χ3n) is 5.12. The summed E-state index contributed by atoms with van der Waals surface area (Å²) < 4.78 is 0. The Morgan fingerprint density at radius 3 is 2.71 bits per heavy atom. The van der Waals surface area contributed by atoms with Gasteiger partial charge in [-0.2, -0.15) is 0 Å². The van der Waals surface area contributed by atoms with Crippen molar-refractivity contribution in [2.45, 2.75) is 38.1 Å². The summed E-state index contributed by atoms with van der Waals surface area (Å²) in [6, 6.07) is 10.4. The summed E-state index contributed by atoms with van der Waals surface area (Å²) >= 11 is 0. The molecule has 2 amide bonds. The van der Waals surface area contributed by atoms with Crippen molar-refractivity contribution >= 4 is 11.8 Å². The molecular weight excluding hydrogens is 302 g/mol. The predicted octanol–water partition coefficient (Wildman–Crippen LogP) is 1.86. The van der Waals surface area contributed by atoms with Crippen LogP contribution in [0.25, 0.3) is 0 Å². The molecule has 5 heteroatoms. The average Bonchev–Trinajstić information content (AvgIpc) is 3.05. The molecule has 0 aromatic heterocycles. The van der Waals surface area contributed by atoms with Crippen molar-refractivity contribution in [2.75, 3.05) is 26.2 Å². The Bertz CT molecular complexity index is 555. The molecule has 1 aromatic carbocycles. The van der Waals surface area contributed by atoms with Gasteiger partial charge in [0.15, 0.2) is 0 Å². The van der Waals surface area contributed by atoms with Crippen LogP contribution in [0.5, 0.6) is 0 Å². The molecule has 1 aromatic rings. The summed E-state index contributed by atoms with van der Waals surface area (Å²) in [5.41, 5.74) is 1.20. The minimum Gasteiger partial charge on any atom is -0.355 e. The maximum atomic E-state index is 12.6. The molecule has 3 rings (SSSR count). The van der Waals surface area contributed by atoms with Gasteiger partial charge < -0.3 is 10.6 Å². The molecule has 1 aliphatic heterocycles. The molecule has 24 heavy (non-hydrogen) atoms. The Hall–Kier alpha value is -1.88. The highest BCUT2D eigenvalue weighted by molar-refractivity contribution is 5.79. The lowest BCUT2D eigenvalue weighted by Gasteiger charge is -2.27. The van der Waals surface area contributed by atoms with Gasteiger partial charge in [0.25, 0.3) is 0 Å². The van der Waals surface area contributed by atoms with Gasteiger partial charge in [-0.1, -0.05) is 43.2 Å². The molecule has 2 fully saturated rings. The summed E-state index contributed by atoms with van der Waals surface area (Å²) in [6.45, 7) is 2.37. The van der Waals surface area contributed by atoms with Crippen molar-refractivity contribution in [1.82, 2.24) is 15.5 Å². The molecule has 1 atom stereocenters. The van der Waals surface area contributed by atoms with E-state index in [-0.39, 0.29) is 17.9 Å². The Balaban J connectivity index is 1.61. The zero-order valence-corrected chi connectivity index (χ0v) is 14.2. The zero-order valence-electron chi connectivity index (χ0n) is 14.2. The highest BCUT2D eigenvalue weighted by atomic mass is 16.2. The maximum Gasteiger partial charge on any atom is 0.234 e. The molecule has 1 aliphatic carbocycles. The van der Waals surface area contributed by atoms with Gasteiger partial charge in [0.05, 0.1) is 12.6 Å². The number of carbonyl (C=O) groups is 2. The second-order valence-electron chi connectivity index (χ2n) is 6.88. The van der Waals surface area contributed by atoms with Crippen molar-refractivity contribution in [3.8, 4) is 0 Å². The van der Waals surface area contributed by atoms with Crippen LogP contribution in [0.1, 0.15) is 43.7 Å². The van der Waals surface area contributed by atoms with E-state index in [9.17, 15) is 9.59 Å². The fourth-order valence-corrected chi connectivity index (χ4v) is 3.82. The number of amides is 2. The van der Waals surface area contributed by atoms with Crippen molar-refractivity contribution < 1.29 is 9.59 Å². The minimum absolute atomic E-state index is 0.0603. The first-order valence-electron chi connectivity index (χ1n) is 9.06. The van der Waals surface area contributed by atoms with Crippen LogP contribution in [-0.2, 0) is 9.59 Å². The summed E-state index contributed by atoms with van der Waals surface area (Å²) in [5.74, 6) is 0.667. The lowest BCUT2D eigenvalue weighted by Crippen LogP contribution is -2.41. The van der Waals surface area contributed by atoms with E-state index < -0.39 is 0 Å². The topological polar surface area (TPSA) is 61.4 Å². The lowest BCUT2D eigenvalue weighted by molar-refractivity contribution is -0.124. The standard InChI is InChI=1S/C19H27N3O2/c23-17-10-12-22(13-11-20-17)14-18(24)21-19(16-8-4-5-9-16)15-6-2-1-3-7-15/h1-3,6-7,16,19H,4-5,8-14H2,(H,20,23)(H,21,24). The molecular formula is C19H27N3O2. The van der Waals surface area contributed by atoms with Gasteiger partial charge in [0.1, 0.15) is 0 Å². The van der Waals surface area contributed by atoms with Gasteiger partial charge in [-0.3, -0.25) is 14.5 Å². The van der Waals surface area contributed by atoms with E-state index in [0.717, 1.165) is 6.54 Å². The fraction of sp³-hybridized carbons (Fsp3) is 0.579. The molecule has 130 valence electrons. The summed E-state index contributed by atoms with van der Waals surface area (Å²) in [7, 11) is 0. The third kappa shape index (κ3) is 4.57. The van der Waals surface area contributed by atoms with Crippen molar-refractivity contribution in [1.29, 1.82) is 0 Å². The summed E-state index contributed by atoms with van der Waals surface area (Å²) in [5, 5.41) is 6.12. The zero-order chi connectivity index (χ0) is 16.8. The van der Waals surface area contributed by atoms with E-state index in [2.05, 4.69) is 27.7 Å². The number of benzene rings is 1. The second-order valence-corrected chi connectivity index (χ2v) is 6.88. The van der Waals surface area contributed by atoms with Gasteiger partial charge in [0, 0.05) is 26.1 Å². The third-order valence-corrected chi connectivity index (χ3v) is 5.12. The Kier molecular flexibility index (Phi) is 5.86. The average molecular weight is 329 g/mol. The molecule has 2 aliphatic rings. The van der Waals surface area contributed by atoms with E-state index in [0.29, 0.717) is 32.0 Å². The molecule has 1 heterocycles. The SMILES string of the molecule is O=C1CCN(CC(=O)NC(c2ccccc2)C2CCCC2)CCN1. The first-order chi connectivity index (χ1) is 11.7. The summed E-state index contributed by atoms with van der Waals surface area (Å²) in [4.78, 5) is 26.1. The second kappa shape index (κ2) is 8.29. The first-order valence-corrected chi connectivity index (χ1v) is 9.06. The van der Waals surface area contributed by atoms with E-state index >= 15 is 0 Å². The highest BCUT2D eigenvalue weighted by Crippen LogP contribution is 2.35. The van der Waals surface area contributed by atoms with Gasteiger partial charge >= 0.3 is 0 Å². The van der Waals surface area contributed by atoms with Crippen LogP contribution >= 0.6 is 0 Å². The number of nitrogens with one attached hydrogen (secondary N) is 2. The highest BCUT2D eigenvalue weighted by Gasteiger charge is 2.28. The van der Waals surface area contributed by atoms with Gasteiger partial charge in [-0.15, -0.1) is 0 Å². The van der Waals surface area contributed by atoms with Crippen LogP contribution in [0.2, 0.25) is 0 Å². The molecule has 0 spiro atoms. The van der Waals surface area contributed by atoms with Gasteiger partial charge in [-0.25, -0.2) is 0 Å². The number of rotatable bonds is 5. The monoisotopic (exact) mass is 329 g/mol. The molecule has 1 unspecified atom stereocenters. The van der Waals surface area contributed by atoms with E-state index in [1.165, 1.54) is 31.2 Å². The van der Waals surface area contributed by atoms with E-state index in [4.69, 9.17) is 0 Å². The van der Waals surface area contributed by atoms with Crippen molar-refractivity contribution in [3.63, 3.8) is 0 Å². The molecule has 5 nitrogen and oxygen atoms in total. The Labute approximate surface area is 143 Å². The Morgan fingerprint density at radius 2 is 1.96 bits per heavy atom. The van der Waals surface area contributed by atoms with E-state index in [1.54, 1.807) is 0 Å². The largest absolute Gasteiger partial charge is 0.355 e. The smallest absolute Gasteiger partial charge is 0.234 e. The van der Waals surface area contributed by atoms with E-state index in [1.807, 2.05) is 18.2 Å². The fourth-order valence-electron chi connectivity index (χ4n) is 3.82. The number of carbonyl (C=O) groups excluding carboxylic acids is 2. The molecule has 1 saturated carbocycles. The van der Waals surface area contributed by atoms with Crippen molar-refractivity contribution in [3.05, 3.63) is 35.9 Å². The quantitative estimate of drug-likeness (QED) is 0.867. The minimum atomic E-state index is 0.0603. The molecule has 1 saturated heterocycles. The summed E-state index contributed by atoms with van der Waals surface area (Å²) in [6.07, 6.45) is 5.34. The molecule has 0 radical (unpaired) electrons. The first kappa shape index (κ1) is 17.0. The van der Waals surface area contributed by atoms with Crippen LogP contribution in [0, 0.1) is 5.92 Å². The number of nitrogens with zero attached hydrogens (tertiary/aromatic N) is 1. The van der Waals surface area contributed by atoms with Crippen molar-refractivity contribution in [2.24, 2.45) is 5.92 Å². The lowest BCUT2D eigenvalue weighted by atomic mass is 9.91. The van der Waals surface area contributed by atoms with Crippen LogP contribution in [0.3, 0.4) is 0 Å².